The van der Waals surface area contributed by atoms with Gasteiger partial charge in [-0.3, -0.25) is 9.48 Å². The first-order valence-corrected chi connectivity index (χ1v) is 7.34. The lowest BCUT2D eigenvalue weighted by Crippen LogP contribution is -2.32. The molecule has 0 bridgehead atoms. The Balaban J connectivity index is 1.74. The summed E-state index contributed by atoms with van der Waals surface area (Å²) in [6.45, 7) is 1.99. The predicted molar refractivity (Wildman–Crippen MR) is 82.5 cm³/mol. The highest BCUT2D eigenvalue weighted by Gasteiger charge is 2.20. The summed E-state index contributed by atoms with van der Waals surface area (Å²) in [5.41, 5.74) is 1.36. The average Bonchev–Trinajstić information content (AvgIpc) is 3.05. The molecule has 1 atom stereocenters. The van der Waals surface area contributed by atoms with Crippen molar-refractivity contribution < 1.29 is 4.79 Å². The van der Waals surface area contributed by atoms with E-state index in [2.05, 4.69) is 10.4 Å². The molecular formula is C16H20N4O. The van der Waals surface area contributed by atoms with Gasteiger partial charge in [0.05, 0.1) is 6.04 Å². The van der Waals surface area contributed by atoms with Crippen LogP contribution in [0.3, 0.4) is 0 Å². The van der Waals surface area contributed by atoms with Crippen LogP contribution in [0, 0.1) is 0 Å². The van der Waals surface area contributed by atoms with Gasteiger partial charge in [-0.2, -0.15) is 5.10 Å². The lowest BCUT2D eigenvalue weighted by atomic mass is 10.1. The smallest absolute Gasteiger partial charge is 0.278 e. The largest absolute Gasteiger partial charge is 0.315 e. The Morgan fingerprint density at radius 1 is 1.33 bits per heavy atom. The molecule has 5 heteroatoms. The zero-order valence-corrected chi connectivity index (χ0v) is 12.2. The minimum atomic E-state index is -0.0799. The predicted octanol–water partition coefficient (Wildman–Crippen LogP) is 2.08. The summed E-state index contributed by atoms with van der Waals surface area (Å²) in [4.78, 5) is 14.1. The Morgan fingerprint density at radius 2 is 2.14 bits per heavy atom. The van der Waals surface area contributed by atoms with Crippen LogP contribution in [0.4, 0.5) is 5.69 Å². The maximum atomic E-state index is 12.5. The number of hydrogen-bond donors (Lipinski definition) is 1. The van der Waals surface area contributed by atoms with Crippen molar-refractivity contribution in [1.82, 2.24) is 15.1 Å². The van der Waals surface area contributed by atoms with Gasteiger partial charge in [-0.25, -0.2) is 0 Å². The Bertz CT molecular complexity index is 602. The second-order valence-corrected chi connectivity index (χ2v) is 5.38. The normalized spacial score (nSPS) is 18.4. The van der Waals surface area contributed by atoms with Gasteiger partial charge < -0.3 is 10.2 Å². The molecule has 1 aromatic heterocycles. The Labute approximate surface area is 124 Å². The van der Waals surface area contributed by atoms with Crippen molar-refractivity contribution in [1.29, 1.82) is 0 Å². The average molecular weight is 284 g/mol. The van der Waals surface area contributed by atoms with E-state index < -0.39 is 0 Å². The van der Waals surface area contributed by atoms with Crippen molar-refractivity contribution >= 4 is 11.6 Å². The van der Waals surface area contributed by atoms with E-state index in [1.165, 1.54) is 0 Å². The molecule has 1 aliphatic rings. The lowest BCUT2D eigenvalue weighted by Gasteiger charge is -2.23. The SMILES string of the molecule is CN(C(=O)c1ccn(C2CCCNC2)n1)c1ccccc1. The highest BCUT2D eigenvalue weighted by atomic mass is 16.2. The molecule has 1 aromatic carbocycles. The van der Waals surface area contributed by atoms with Gasteiger partial charge in [0, 0.05) is 25.5 Å². The molecule has 0 spiro atoms. The van der Waals surface area contributed by atoms with E-state index in [0.29, 0.717) is 11.7 Å². The second kappa shape index (κ2) is 6.10. The number of hydrogen-bond acceptors (Lipinski definition) is 3. The fourth-order valence-electron chi connectivity index (χ4n) is 2.66. The van der Waals surface area contributed by atoms with Crippen LogP contribution < -0.4 is 10.2 Å². The van der Waals surface area contributed by atoms with Crippen LogP contribution >= 0.6 is 0 Å². The number of carbonyl (C=O) groups excluding carboxylic acids is 1. The summed E-state index contributed by atoms with van der Waals surface area (Å²) < 4.78 is 1.91. The Morgan fingerprint density at radius 3 is 2.86 bits per heavy atom. The molecule has 1 fully saturated rings. The number of rotatable bonds is 3. The number of nitrogens with one attached hydrogen (secondary N) is 1. The van der Waals surface area contributed by atoms with Crippen molar-refractivity contribution in [2.75, 3.05) is 25.0 Å². The molecule has 1 saturated heterocycles. The third-order valence-corrected chi connectivity index (χ3v) is 3.92. The second-order valence-electron chi connectivity index (χ2n) is 5.38. The molecule has 21 heavy (non-hydrogen) atoms. The molecule has 5 nitrogen and oxygen atoms in total. The number of carbonyl (C=O) groups is 1. The Hall–Kier alpha value is -2.14. The summed E-state index contributed by atoms with van der Waals surface area (Å²) >= 11 is 0. The van der Waals surface area contributed by atoms with Gasteiger partial charge in [0.1, 0.15) is 0 Å². The quantitative estimate of drug-likeness (QED) is 0.939. The molecule has 2 aromatic rings. The molecule has 110 valence electrons. The molecular weight excluding hydrogens is 264 g/mol. The zero-order chi connectivity index (χ0) is 14.7. The van der Waals surface area contributed by atoms with Gasteiger partial charge in [-0.15, -0.1) is 0 Å². The first-order chi connectivity index (χ1) is 10.3. The van der Waals surface area contributed by atoms with Gasteiger partial charge in [-0.1, -0.05) is 18.2 Å². The maximum Gasteiger partial charge on any atom is 0.278 e. The fourth-order valence-corrected chi connectivity index (χ4v) is 2.66. The van der Waals surface area contributed by atoms with E-state index in [-0.39, 0.29) is 5.91 Å². The van der Waals surface area contributed by atoms with Crippen LogP contribution in [-0.2, 0) is 0 Å². The van der Waals surface area contributed by atoms with Crippen molar-refractivity contribution in [3.8, 4) is 0 Å². The summed E-state index contributed by atoms with van der Waals surface area (Å²) in [7, 11) is 1.78. The monoisotopic (exact) mass is 284 g/mol. The third kappa shape index (κ3) is 2.97. The maximum absolute atomic E-state index is 12.5. The molecule has 1 N–H and O–H groups in total. The first-order valence-electron chi connectivity index (χ1n) is 7.34. The van der Waals surface area contributed by atoms with E-state index in [1.807, 2.05) is 41.2 Å². The standard InChI is InChI=1S/C16H20N4O/c1-19(13-6-3-2-4-7-13)16(21)15-9-11-20(18-15)14-8-5-10-17-12-14/h2-4,6-7,9,11,14,17H,5,8,10,12H2,1H3. The molecule has 1 aliphatic heterocycles. The number of aromatic nitrogens is 2. The van der Waals surface area contributed by atoms with Crippen molar-refractivity contribution in [3.63, 3.8) is 0 Å². The van der Waals surface area contributed by atoms with Crippen LogP contribution in [-0.4, -0.2) is 35.8 Å². The summed E-state index contributed by atoms with van der Waals surface area (Å²) in [5, 5.41) is 7.83. The highest BCUT2D eigenvalue weighted by molar-refractivity contribution is 6.04. The van der Waals surface area contributed by atoms with Gasteiger partial charge in [-0.05, 0) is 37.6 Å². The van der Waals surface area contributed by atoms with E-state index in [9.17, 15) is 4.79 Å². The van der Waals surface area contributed by atoms with Crippen LogP contribution in [0.15, 0.2) is 42.6 Å². The minimum Gasteiger partial charge on any atom is -0.315 e. The van der Waals surface area contributed by atoms with Crippen molar-refractivity contribution in [2.24, 2.45) is 0 Å². The third-order valence-electron chi connectivity index (χ3n) is 3.92. The first kappa shape index (κ1) is 13.8. The Kier molecular flexibility index (Phi) is 4.01. The van der Waals surface area contributed by atoms with Gasteiger partial charge in [0.15, 0.2) is 5.69 Å². The molecule has 0 radical (unpaired) electrons. The van der Waals surface area contributed by atoms with E-state index in [1.54, 1.807) is 18.0 Å². The number of piperidine rings is 1. The summed E-state index contributed by atoms with van der Waals surface area (Å²) in [5.74, 6) is -0.0799. The van der Waals surface area contributed by atoms with Crippen LogP contribution in [0.25, 0.3) is 0 Å². The van der Waals surface area contributed by atoms with Gasteiger partial charge >= 0.3 is 0 Å². The molecule has 1 unspecified atom stereocenters. The molecule has 0 saturated carbocycles. The van der Waals surface area contributed by atoms with Gasteiger partial charge in [0.25, 0.3) is 5.91 Å². The van der Waals surface area contributed by atoms with E-state index in [4.69, 9.17) is 0 Å². The molecule has 0 aliphatic carbocycles. The highest BCUT2D eigenvalue weighted by Crippen LogP contribution is 2.18. The fraction of sp³-hybridized carbons (Fsp3) is 0.375. The lowest BCUT2D eigenvalue weighted by molar-refractivity contribution is 0.0987. The van der Waals surface area contributed by atoms with Crippen LogP contribution in [0.2, 0.25) is 0 Å². The molecule has 1 amide bonds. The summed E-state index contributed by atoms with van der Waals surface area (Å²) in [6, 6.07) is 11.8. The molecule has 3 rings (SSSR count). The zero-order valence-electron chi connectivity index (χ0n) is 12.2. The van der Waals surface area contributed by atoms with Crippen LogP contribution in [0.1, 0.15) is 29.4 Å². The van der Waals surface area contributed by atoms with Crippen LogP contribution in [0.5, 0.6) is 0 Å². The molecule has 2 heterocycles. The van der Waals surface area contributed by atoms with Gasteiger partial charge in [0.2, 0.25) is 0 Å². The van der Waals surface area contributed by atoms with Crippen molar-refractivity contribution in [3.05, 3.63) is 48.3 Å². The topological polar surface area (TPSA) is 50.2 Å². The van der Waals surface area contributed by atoms with Crippen molar-refractivity contribution in [2.45, 2.75) is 18.9 Å². The number of anilines is 1. The summed E-state index contributed by atoms with van der Waals surface area (Å²) in [6.07, 6.45) is 4.16. The number of para-hydroxylation sites is 1. The van der Waals surface area contributed by atoms with E-state index >= 15 is 0 Å². The number of nitrogens with zero attached hydrogens (tertiary/aromatic N) is 3. The minimum absolute atomic E-state index is 0.0799. The number of amides is 1. The number of benzene rings is 1. The van der Waals surface area contributed by atoms with E-state index in [0.717, 1.165) is 31.6 Å².